The van der Waals surface area contributed by atoms with Crippen molar-refractivity contribution >= 4 is 11.7 Å². The third kappa shape index (κ3) is 3.59. The average Bonchev–Trinajstić information content (AvgIpc) is 3.20. The summed E-state index contributed by atoms with van der Waals surface area (Å²) in [6.45, 7) is 1.77. The van der Waals surface area contributed by atoms with E-state index in [1.165, 1.54) is 6.20 Å². The van der Waals surface area contributed by atoms with Crippen LogP contribution in [0.4, 0.5) is 5.82 Å². The molecule has 0 unspecified atom stereocenters. The first-order valence-electron chi connectivity index (χ1n) is 9.20. The predicted octanol–water partition coefficient (Wildman–Crippen LogP) is 2.04. The van der Waals surface area contributed by atoms with Gasteiger partial charge in [-0.1, -0.05) is 0 Å². The van der Waals surface area contributed by atoms with Crippen molar-refractivity contribution in [2.75, 3.05) is 25.1 Å². The molecule has 0 saturated carbocycles. The van der Waals surface area contributed by atoms with Gasteiger partial charge in [-0.15, -0.1) is 5.10 Å². The fraction of sp³-hybridized carbons (Fsp3) is 0.300. The number of rotatable bonds is 5. The number of pyridine rings is 2. The van der Waals surface area contributed by atoms with Crippen molar-refractivity contribution in [3.05, 3.63) is 54.5 Å². The fourth-order valence-corrected chi connectivity index (χ4v) is 3.39. The molecule has 144 valence electrons. The minimum atomic E-state index is -0.499. The third-order valence-corrected chi connectivity index (χ3v) is 5.00. The van der Waals surface area contributed by atoms with E-state index >= 15 is 0 Å². The van der Waals surface area contributed by atoms with Crippen LogP contribution in [0.5, 0.6) is 0 Å². The number of carbonyl (C=O) groups excluding carboxylic acids is 1. The van der Waals surface area contributed by atoms with Crippen LogP contribution < -0.4 is 10.6 Å². The first kappa shape index (κ1) is 18.1. The normalized spacial score (nSPS) is 15.0. The molecular formula is C20H22N6O2. The van der Waals surface area contributed by atoms with Crippen molar-refractivity contribution in [2.45, 2.75) is 18.9 Å². The third-order valence-electron chi connectivity index (χ3n) is 5.00. The highest BCUT2D eigenvalue weighted by Crippen LogP contribution is 2.28. The van der Waals surface area contributed by atoms with Gasteiger partial charge in [-0.05, 0) is 37.1 Å². The zero-order valence-corrected chi connectivity index (χ0v) is 15.7. The van der Waals surface area contributed by atoms with Crippen molar-refractivity contribution in [1.29, 1.82) is 0 Å². The van der Waals surface area contributed by atoms with Gasteiger partial charge in [0.25, 0.3) is 0 Å². The highest BCUT2D eigenvalue weighted by molar-refractivity contribution is 5.92. The van der Waals surface area contributed by atoms with Crippen molar-refractivity contribution in [2.24, 2.45) is 5.73 Å². The standard InChI is InChI=1S/C20H22N6O2/c1-28-16-6-9-25(10-7-16)19-11-18(17-5-4-14(12-23-17)20(21)27)26(24-19)15-3-2-8-22-13-15/h2-5,8,11-13,16H,6-7,9-10H2,1H3,(H2,21,27). The quantitative estimate of drug-likeness (QED) is 0.729. The first-order valence-corrected chi connectivity index (χ1v) is 9.20. The van der Waals surface area contributed by atoms with Gasteiger partial charge in [0.2, 0.25) is 5.91 Å². The molecule has 4 rings (SSSR count). The molecule has 0 aliphatic carbocycles. The number of ether oxygens (including phenoxy) is 1. The molecule has 1 fully saturated rings. The minimum Gasteiger partial charge on any atom is -0.381 e. The van der Waals surface area contributed by atoms with Gasteiger partial charge in [-0.25, -0.2) is 4.68 Å². The number of hydrogen-bond acceptors (Lipinski definition) is 6. The summed E-state index contributed by atoms with van der Waals surface area (Å²) in [6, 6.07) is 9.29. The van der Waals surface area contributed by atoms with Gasteiger partial charge >= 0.3 is 0 Å². The highest BCUT2D eigenvalue weighted by Gasteiger charge is 2.23. The van der Waals surface area contributed by atoms with Gasteiger partial charge in [0.15, 0.2) is 5.82 Å². The lowest BCUT2D eigenvalue weighted by molar-refractivity contribution is 0.0818. The fourth-order valence-electron chi connectivity index (χ4n) is 3.39. The number of methoxy groups -OCH3 is 1. The van der Waals surface area contributed by atoms with E-state index in [9.17, 15) is 4.79 Å². The predicted molar refractivity (Wildman–Crippen MR) is 105 cm³/mol. The van der Waals surface area contributed by atoms with Crippen molar-refractivity contribution in [3.8, 4) is 17.1 Å². The summed E-state index contributed by atoms with van der Waals surface area (Å²) in [5, 5.41) is 4.82. The highest BCUT2D eigenvalue weighted by atomic mass is 16.5. The maximum absolute atomic E-state index is 11.3. The molecule has 0 bridgehead atoms. The zero-order valence-electron chi connectivity index (χ0n) is 15.7. The number of primary amides is 1. The topological polar surface area (TPSA) is 99.2 Å². The number of nitrogens with two attached hydrogens (primary N) is 1. The SMILES string of the molecule is COC1CCN(c2cc(-c3ccc(C(N)=O)cn3)n(-c3cccnc3)n2)CC1. The molecule has 2 N–H and O–H groups in total. The number of aromatic nitrogens is 4. The smallest absolute Gasteiger partial charge is 0.250 e. The van der Waals surface area contributed by atoms with Crippen LogP contribution in [-0.4, -0.2) is 52.0 Å². The maximum atomic E-state index is 11.3. The number of anilines is 1. The first-order chi connectivity index (χ1) is 13.7. The monoisotopic (exact) mass is 378 g/mol. The summed E-state index contributed by atoms with van der Waals surface area (Å²) in [5.74, 6) is 0.385. The van der Waals surface area contributed by atoms with Gasteiger partial charge in [-0.2, -0.15) is 0 Å². The van der Waals surface area contributed by atoms with E-state index in [1.54, 1.807) is 31.6 Å². The molecule has 0 spiro atoms. The Hall–Kier alpha value is -3.26. The Kier molecular flexibility index (Phi) is 5.03. The summed E-state index contributed by atoms with van der Waals surface area (Å²) < 4.78 is 7.30. The van der Waals surface area contributed by atoms with Gasteiger partial charge in [-0.3, -0.25) is 14.8 Å². The molecule has 8 heteroatoms. The molecule has 0 atom stereocenters. The number of carbonyl (C=O) groups is 1. The molecular weight excluding hydrogens is 356 g/mol. The van der Waals surface area contributed by atoms with Crippen LogP contribution in [0.2, 0.25) is 0 Å². The van der Waals surface area contributed by atoms with Crippen LogP contribution in [0.15, 0.2) is 48.9 Å². The average molecular weight is 378 g/mol. The Labute approximate surface area is 163 Å². The Morgan fingerprint density at radius 3 is 2.64 bits per heavy atom. The van der Waals surface area contributed by atoms with Gasteiger partial charge < -0.3 is 15.4 Å². The summed E-state index contributed by atoms with van der Waals surface area (Å²) >= 11 is 0. The molecule has 1 amide bonds. The molecule has 0 aromatic carbocycles. The van der Waals surface area contributed by atoms with E-state index in [0.717, 1.165) is 43.1 Å². The van der Waals surface area contributed by atoms with E-state index < -0.39 is 5.91 Å². The Morgan fingerprint density at radius 2 is 2.04 bits per heavy atom. The molecule has 0 radical (unpaired) electrons. The zero-order chi connectivity index (χ0) is 19.5. The second-order valence-electron chi connectivity index (χ2n) is 6.73. The molecule has 8 nitrogen and oxygen atoms in total. The molecule has 1 aliphatic rings. The lowest BCUT2D eigenvalue weighted by atomic mass is 10.1. The summed E-state index contributed by atoms with van der Waals surface area (Å²) in [6.07, 6.45) is 7.22. The van der Waals surface area contributed by atoms with E-state index in [4.69, 9.17) is 15.6 Å². The van der Waals surface area contributed by atoms with E-state index in [0.29, 0.717) is 17.4 Å². The Balaban J connectivity index is 1.72. The summed E-state index contributed by atoms with van der Waals surface area (Å²) in [7, 11) is 1.76. The lowest BCUT2D eigenvalue weighted by Gasteiger charge is -2.31. The van der Waals surface area contributed by atoms with Crippen LogP contribution in [-0.2, 0) is 4.74 Å². The van der Waals surface area contributed by atoms with E-state index in [-0.39, 0.29) is 0 Å². The molecule has 3 aromatic rings. The molecule has 1 saturated heterocycles. The molecule has 28 heavy (non-hydrogen) atoms. The number of nitrogens with zero attached hydrogens (tertiary/aromatic N) is 5. The number of hydrogen-bond donors (Lipinski definition) is 1. The van der Waals surface area contributed by atoms with Crippen LogP contribution in [0.1, 0.15) is 23.2 Å². The van der Waals surface area contributed by atoms with Gasteiger partial charge in [0.1, 0.15) is 0 Å². The lowest BCUT2D eigenvalue weighted by Crippen LogP contribution is -2.36. The largest absolute Gasteiger partial charge is 0.381 e. The van der Waals surface area contributed by atoms with Gasteiger partial charge in [0.05, 0.1) is 34.9 Å². The van der Waals surface area contributed by atoms with Crippen LogP contribution in [0.25, 0.3) is 17.1 Å². The molecule has 4 heterocycles. The number of amides is 1. The molecule has 1 aliphatic heterocycles. The van der Waals surface area contributed by atoms with Crippen molar-refractivity contribution in [3.63, 3.8) is 0 Å². The maximum Gasteiger partial charge on any atom is 0.250 e. The van der Waals surface area contributed by atoms with Crippen molar-refractivity contribution < 1.29 is 9.53 Å². The summed E-state index contributed by atoms with van der Waals surface area (Å²) in [4.78, 5) is 22.2. The van der Waals surface area contributed by atoms with Gasteiger partial charge in [0, 0.05) is 38.7 Å². The summed E-state index contributed by atoms with van der Waals surface area (Å²) in [5.41, 5.74) is 8.08. The van der Waals surface area contributed by atoms with E-state index in [2.05, 4.69) is 14.9 Å². The molecule has 3 aromatic heterocycles. The second-order valence-corrected chi connectivity index (χ2v) is 6.73. The van der Waals surface area contributed by atoms with Crippen LogP contribution in [0.3, 0.4) is 0 Å². The number of piperidine rings is 1. The Morgan fingerprint density at radius 1 is 1.21 bits per heavy atom. The second kappa shape index (κ2) is 7.77. The van der Waals surface area contributed by atoms with E-state index in [1.807, 2.05) is 22.9 Å². The van der Waals surface area contributed by atoms with Crippen LogP contribution in [0, 0.1) is 0 Å². The minimum absolute atomic E-state index is 0.305. The van der Waals surface area contributed by atoms with Crippen molar-refractivity contribution in [1.82, 2.24) is 19.7 Å². The Bertz CT molecular complexity index is 947. The van der Waals surface area contributed by atoms with Crippen LogP contribution >= 0.6 is 0 Å².